The molecule has 0 saturated carbocycles. The normalized spacial score (nSPS) is 18.5. The lowest BCUT2D eigenvalue weighted by Gasteiger charge is -2.42. The minimum absolute atomic E-state index is 0.0202. The molecule has 1 atom stereocenters. The van der Waals surface area contributed by atoms with Crippen molar-refractivity contribution in [1.29, 1.82) is 0 Å². The molecular formula is C23H26F2N6O3S. The Labute approximate surface area is 204 Å². The summed E-state index contributed by atoms with van der Waals surface area (Å²) in [5.74, 6) is -0.747. The van der Waals surface area contributed by atoms with Gasteiger partial charge in [0.2, 0.25) is 5.89 Å². The predicted molar refractivity (Wildman–Crippen MR) is 126 cm³/mol. The zero-order chi connectivity index (χ0) is 24.4. The first-order valence-corrected chi connectivity index (χ1v) is 12.4. The third-order valence-electron chi connectivity index (χ3n) is 6.11. The summed E-state index contributed by atoms with van der Waals surface area (Å²) in [6.07, 6.45) is -1.33. The predicted octanol–water partition coefficient (Wildman–Crippen LogP) is 2.98. The summed E-state index contributed by atoms with van der Waals surface area (Å²) in [5.41, 5.74) is 3.01. The van der Waals surface area contributed by atoms with Crippen molar-refractivity contribution in [1.82, 2.24) is 24.4 Å². The van der Waals surface area contributed by atoms with E-state index in [2.05, 4.69) is 20.1 Å². The molecule has 2 aliphatic rings. The Kier molecular flexibility index (Phi) is 7.14. The van der Waals surface area contributed by atoms with Crippen LogP contribution >= 0.6 is 0 Å². The fourth-order valence-corrected chi connectivity index (χ4v) is 5.34. The Morgan fingerprint density at radius 2 is 1.94 bits per heavy atom. The van der Waals surface area contributed by atoms with E-state index < -0.39 is 23.5 Å². The fraction of sp³-hybridized carbons (Fsp3) is 0.435. The Morgan fingerprint density at radius 1 is 1.14 bits per heavy atom. The first-order valence-electron chi connectivity index (χ1n) is 11.4. The van der Waals surface area contributed by atoms with Crippen molar-refractivity contribution in [3.63, 3.8) is 0 Å². The molecule has 2 aliphatic heterocycles. The Morgan fingerprint density at radius 3 is 2.54 bits per heavy atom. The number of hydrogen-bond acceptors (Lipinski definition) is 7. The lowest BCUT2D eigenvalue weighted by molar-refractivity contribution is -0.0719. The minimum atomic E-state index is -2.83. The quantitative estimate of drug-likeness (QED) is 0.466. The topological polar surface area (TPSA) is 87.8 Å². The molecule has 0 spiro atoms. The average Bonchev–Trinajstić information content (AvgIpc) is 3.33. The van der Waals surface area contributed by atoms with E-state index in [1.54, 1.807) is 12.1 Å². The molecule has 35 heavy (non-hydrogen) atoms. The highest BCUT2D eigenvalue weighted by Gasteiger charge is 2.32. The highest BCUT2D eigenvalue weighted by Crippen LogP contribution is 2.25. The SMILES string of the molecule is Cc1cccc(N(Cc2ccc(-c3nnc(C(F)F)o3)cn2)S(=O)N2CCN(C3COC3)CC2)c1. The third kappa shape index (κ3) is 5.40. The number of halogens is 2. The second-order valence-corrected chi connectivity index (χ2v) is 9.97. The molecule has 2 saturated heterocycles. The molecule has 2 aromatic heterocycles. The highest BCUT2D eigenvalue weighted by molar-refractivity contribution is 7.84. The van der Waals surface area contributed by atoms with Crippen molar-refractivity contribution in [2.75, 3.05) is 43.7 Å². The molecule has 0 radical (unpaired) electrons. The van der Waals surface area contributed by atoms with E-state index in [1.165, 1.54) is 6.20 Å². The van der Waals surface area contributed by atoms with Gasteiger partial charge in [0.25, 0.3) is 5.89 Å². The van der Waals surface area contributed by atoms with Gasteiger partial charge < -0.3 is 9.15 Å². The Bertz CT molecular complexity index is 1170. The molecule has 1 unspecified atom stereocenters. The van der Waals surface area contributed by atoms with Crippen molar-refractivity contribution in [2.24, 2.45) is 0 Å². The van der Waals surface area contributed by atoms with Crippen LogP contribution in [0.2, 0.25) is 0 Å². The molecule has 2 fully saturated rings. The van der Waals surface area contributed by atoms with Gasteiger partial charge in [-0.3, -0.25) is 14.2 Å². The molecule has 0 N–H and O–H groups in total. The van der Waals surface area contributed by atoms with Gasteiger partial charge in [-0.15, -0.1) is 10.2 Å². The van der Waals surface area contributed by atoms with Crippen molar-refractivity contribution >= 4 is 16.9 Å². The smallest absolute Gasteiger partial charge is 0.314 e. The van der Waals surface area contributed by atoms with E-state index in [0.717, 1.165) is 37.6 Å². The number of piperazine rings is 1. The lowest BCUT2D eigenvalue weighted by atomic mass is 10.2. The molecule has 4 heterocycles. The van der Waals surface area contributed by atoms with Crippen molar-refractivity contribution < 1.29 is 22.1 Å². The first-order chi connectivity index (χ1) is 17.0. The highest BCUT2D eigenvalue weighted by atomic mass is 32.2. The van der Waals surface area contributed by atoms with Crippen LogP contribution in [0.4, 0.5) is 14.5 Å². The van der Waals surface area contributed by atoms with Crippen LogP contribution in [0.5, 0.6) is 0 Å². The molecule has 0 amide bonds. The summed E-state index contributed by atoms with van der Waals surface area (Å²) < 4.78 is 53.3. The molecular weight excluding hydrogens is 478 g/mol. The molecule has 3 aromatic rings. The van der Waals surface area contributed by atoms with Gasteiger partial charge in [0, 0.05) is 32.4 Å². The number of ether oxygens (including phenoxy) is 1. The van der Waals surface area contributed by atoms with E-state index in [-0.39, 0.29) is 5.89 Å². The van der Waals surface area contributed by atoms with Gasteiger partial charge in [-0.25, -0.2) is 8.51 Å². The minimum Gasteiger partial charge on any atom is -0.415 e. The number of anilines is 1. The summed E-state index contributed by atoms with van der Waals surface area (Å²) >= 11 is -1.41. The second kappa shape index (κ2) is 10.4. The van der Waals surface area contributed by atoms with Crippen LogP contribution in [0.3, 0.4) is 0 Å². The van der Waals surface area contributed by atoms with Crippen LogP contribution in [0, 0.1) is 6.92 Å². The first kappa shape index (κ1) is 23.9. The lowest BCUT2D eigenvalue weighted by Crippen LogP contribution is -2.57. The number of rotatable bonds is 8. The number of hydrogen-bond donors (Lipinski definition) is 0. The molecule has 0 aliphatic carbocycles. The largest absolute Gasteiger partial charge is 0.415 e. The Hall–Kier alpha value is -2.80. The molecule has 1 aromatic carbocycles. The third-order valence-corrected chi connectivity index (χ3v) is 7.64. The second-order valence-electron chi connectivity index (χ2n) is 8.55. The zero-order valence-corrected chi connectivity index (χ0v) is 20.0. The van der Waals surface area contributed by atoms with Crippen molar-refractivity contribution in [2.45, 2.75) is 25.9 Å². The average molecular weight is 505 g/mol. The van der Waals surface area contributed by atoms with E-state index in [4.69, 9.17) is 9.15 Å². The van der Waals surface area contributed by atoms with Crippen molar-refractivity contribution in [3.05, 3.63) is 59.7 Å². The molecule has 186 valence electrons. The van der Waals surface area contributed by atoms with Gasteiger partial charge in [0.05, 0.1) is 42.7 Å². The summed E-state index contributed by atoms with van der Waals surface area (Å²) in [4.78, 5) is 6.84. The van der Waals surface area contributed by atoms with E-state index in [9.17, 15) is 13.0 Å². The number of benzene rings is 1. The summed E-state index contributed by atoms with van der Waals surface area (Å²) in [6.45, 7) is 6.93. The van der Waals surface area contributed by atoms with Gasteiger partial charge in [0.15, 0.2) is 11.2 Å². The molecule has 5 rings (SSSR count). The van der Waals surface area contributed by atoms with E-state index in [1.807, 2.05) is 39.8 Å². The molecule has 0 bridgehead atoms. The number of nitrogens with zero attached hydrogens (tertiary/aromatic N) is 6. The molecule has 9 nitrogen and oxygen atoms in total. The maximum Gasteiger partial charge on any atom is 0.314 e. The number of alkyl halides is 2. The standard InChI is InChI=1S/C23H26F2N6O3S/c1-16-3-2-4-19(11-16)31(35(32)30-9-7-29(8-10-30)20-14-33-15-20)13-18-6-5-17(12-26-18)22-27-28-23(34-22)21(24)25/h2-6,11-12,20-21H,7-10,13-15H2,1H3. The molecule has 12 heteroatoms. The number of aromatic nitrogens is 3. The zero-order valence-electron chi connectivity index (χ0n) is 19.2. The van der Waals surface area contributed by atoms with Crippen LogP contribution < -0.4 is 4.31 Å². The monoisotopic (exact) mass is 504 g/mol. The van der Waals surface area contributed by atoms with Gasteiger partial charge >= 0.3 is 6.43 Å². The van der Waals surface area contributed by atoms with Crippen LogP contribution in [0.1, 0.15) is 23.6 Å². The van der Waals surface area contributed by atoms with Crippen LogP contribution in [0.15, 0.2) is 47.0 Å². The maximum atomic E-state index is 13.7. The fourth-order valence-electron chi connectivity index (χ4n) is 4.05. The van der Waals surface area contributed by atoms with Gasteiger partial charge in [-0.2, -0.15) is 8.78 Å². The van der Waals surface area contributed by atoms with Gasteiger partial charge in [-0.1, -0.05) is 12.1 Å². The maximum absolute atomic E-state index is 13.7. The summed E-state index contributed by atoms with van der Waals surface area (Å²) in [6, 6.07) is 11.8. The van der Waals surface area contributed by atoms with E-state index >= 15 is 0 Å². The van der Waals surface area contributed by atoms with E-state index in [0.29, 0.717) is 36.9 Å². The Balaban J connectivity index is 1.32. The summed E-state index contributed by atoms with van der Waals surface area (Å²) in [5, 5.41) is 7.01. The van der Waals surface area contributed by atoms with Crippen LogP contribution in [0.25, 0.3) is 11.5 Å². The van der Waals surface area contributed by atoms with Gasteiger partial charge in [0.1, 0.15) is 0 Å². The van der Waals surface area contributed by atoms with Gasteiger partial charge in [-0.05, 0) is 36.8 Å². The number of aryl methyl sites for hydroxylation is 1. The van der Waals surface area contributed by atoms with Crippen LogP contribution in [-0.2, 0) is 22.5 Å². The van der Waals surface area contributed by atoms with Crippen LogP contribution in [-0.4, -0.2) is 74.0 Å². The van der Waals surface area contributed by atoms with Crippen molar-refractivity contribution in [3.8, 4) is 11.5 Å². The summed E-state index contributed by atoms with van der Waals surface area (Å²) in [7, 11) is 0. The number of pyridine rings is 1.